The zero-order valence-electron chi connectivity index (χ0n) is 15.2. The van der Waals surface area contributed by atoms with Crippen LogP contribution in [0.3, 0.4) is 0 Å². The first-order chi connectivity index (χ1) is 13.7. The fraction of sp³-hybridized carbons (Fsp3) is 0.143. The highest BCUT2D eigenvalue weighted by Crippen LogP contribution is 2.24. The van der Waals surface area contributed by atoms with Crippen molar-refractivity contribution in [3.63, 3.8) is 0 Å². The lowest BCUT2D eigenvalue weighted by atomic mass is 10.1. The number of amidine groups is 1. The zero-order chi connectivity index (χ0) is 19.8. The molecule has 142 valence electrons. The molecule has 1 atom stereocenters. The van der Waals surface area contributed by atoms with Crippen LogP contribution in [0.15, 0.2) is 70.9 Å². The van der Waals surface area contributed by atoms with Gasteiger partial charge in [-0.15, -0.1) is 5.10 Å². The Bertz CT molecular complexity index is 922. The van der Waals surface area contributed by atoms with Gasteiger partial charge in [0.2, 0.25) is 5.91 Å². The van der Waals surface area contributed by atoms with Gasteiger partial charge in [0.25, 0.3) is 0 Å². The molecule has 7 heteroatoms. The Hall–Kier alpha value is -3.19. The average Bonchev–Trinajstić information content (AvgIpc) is 3.07. The number of hydrogen-bond acceptors (Lipinski definition) is 6. The fourth-order valence-electron chi connectivity index (χ4n) is 2.49. The van der Waals surface area contributed by atoms with E-state index in [1.807, 2.05) is 36.4 Å². The monoisotopic (exact) mass is 393 g/mol. The minimum absolute atomic E-state index is 0.0967. The van der Waals surface area contributed by atoms with E-state index in [1.54, 1.807) is 43.7 Å². The third kappa shape index (κ3) is 5.40. The molecule has 6 nitrogen and oxygen atoms in total. The van der Waals surface area contributed by atoms with Crippen molar-refractivity contribution in [2.75, 3.05) is 7.11 Å². The van der Waals surface area contributed by atoms with Gasteiger partial charge in [0, 0.05) is 18.2 Å². The van der Waals surface area contributed by atoms with Gasteiger partial charge >= 0.3 is 0 Å². The van der Waals surface area contributed by atoms with Crippen molar-refractivity contribution in [2.45, 2.75) is 11.7 Å². The van der Waals surface area contributed by atoms with Crippen LogP contribution in [0, 0.1) is 0 Å². The molecular weight excluding hydrogens is 374 g/mol. The second-order valence-electron chi connectivity index (χ2n) is 5.89. The standard InChI is InChI=1S/C21H19N3O3S/c1-27-17-11-9-16(10-12-17)18(25)14-19-20(26)23-21(28-19)24-22-13-5-8-15-6-3-2-4-7-15/h2-13,19H,14H2,1H3,(H,23,24,26)/b8-5+,22-13-/t19-/m1/s1. The summed E-state index contributed by atoms with van der Waals surface area (Å²) in [6.07, 6.45) is 5.31. The van der Waals surface area contributed by atoms with Gasteiger partial charge in [-0.2, -0.15) is 5.10 Å². The molecule has 1 amide bonds. The number of nitrogens with zero attached hydrogens (tertiary/aromatic N) is 2. The maximum atomic E-state index is 12.4. The van der Waals surface area contributed by atoms with Gasteiger partial charge < -0.3 is 10.1 Å². The number of thioether (sulfide) groups is 1. The predicted octanol–water partition coefficient (Wildman–Crippen LogP) is 3.55. The smallest absolute Gasteiger partial charge is 0.240 e. The van der Waals surface area contributed by atoms with Crippen LogP contribution < -0.4 is 10.1 Å². The van der Waals surface area contributed by atoms with E-state index < -0.39 is 5.25 Å². The van der Waals surface area contributed by atoms with Crippen molar-refractivity contribution in [3.05, 3.63) is 71.8 Å². The van der Waals surface area contributed by atoms with Gasteiger partial charge in [-0.05, 0) is 35.9 Å². The maximum absolute atomic E-state index is 12.4. The molecule has 1 saturated heterocycles. The van der Waals surface area contributed by atoms with Crippen molar-refractivity contribution in [1.29, 1.82) is 0 Å². The number of methoxy groups -OCH3 is 1. The lowest BCUT2D eigenvalue weighted by Crippen LogP contribution is -2.26. The number of allylic oxidation sites excluding steroid dienone is 1. The molecule has 3 rings (SSSR count). The third-order valence-corrected chi connectivity index (χ3v) is 5.02. The van der Waals surface area contributed by atoms with Gasteiger partial charge in [-0.1, -0.05) is 48.2 Å². The minimum Gasteiger partial charge on any atom is -0.497 e. The molecule has 1 heterocycles. The number of hydrogen-bond donors (Lipinski definition) is 1. The third-order valence-electron chi connectivity index (χ3n) is 3.95. The Kier molecular flexibility index (Phi) is 6.75. The van der Waals surface area contributed by atoms with Crippen LogP contribution in [0.25, 0.3) is 6.08 Å². The van der Waals surface area contributed by atoms with E-state index >= 15 is 0 Å². The first-order valence-corrected chi connectivity index (χ1v) is 9.51. The normalized spacial score (nSPS) is 18.1. The van der Waals surface area contributed by atoms with Gasteiger partial charge in [0.15, 0.2) is 11.0 Å². The van der Waals surface area contributed by atoms with Crippen LogP contribution in [-0.4, -0.2) is 35.4 Å². The number of amides is 1. The van der Waals surface area contributed by atoms with Crippen molar-refractivity contribution in [1.82, 2.24) is 5.32 Å². The average molecular weight is 393 g/mol. The summed E-state index contributed by atoms with van der Waals surface area (Å²) in [6, 6.07) is 16.6. The molecule has 0 spiro atoms. The number of Topliss-reactive ketones (excluding diaryl/α,β-unsaturated/α-hetero) is 1. The second-order valence-corrected chi connectivity index (χ2v) is 7.08. The molecule has 0 saturated carbocycles. The summed E-state index contributed by atoms with van der Waals surface area (Å²) < 4.78 is 5.08. The van der Waals surface area contributed by atoms with E-state index in [1.165, 1.54) is 11.8 Å². The fourth-order valence-corrected chi connectivity index (χ4v) is 3.42. The largest absolute Gasteiger partial charge is 0.497 e. The van der Waals surface area contributed by atoms with E-state index in [-0.39, 0.29) is 18.1 Å². The highest BCUT2D eigenvalue weighted by molar-refractivity contribution is 8.15. The van der Waals surface area contributed by atoms with E-state index in [0.717, 1.165) is 5.56 Å². The molecule has 0 aliphatic carbocycles. The van der Waals surface area contributed by atoms with Gasteiger partial charge in [-0.3, -0.25) is 9.59 Å². The van der Waals surface area contributed by atoms with E-state index in [9.17, 15) is 9.59 Å². The van der Waals surface area contributed by atoms with Crippen molar-refractivity contribution >= 4 is 40.9 Å². The lowest BCUT2D eigenvalue weighted by Gasteiger charge is -2.05. The first-order valence-electron chi connectivity index (χ1n) is 8.63. The van der Waals surface area contributed by atoms with E-state index in [2.05, 4.69) is 15.5 Å². The SMILES string of the molecule is COc1ccc(C(=O)C[C@H]2S/C(=N/N=C\C=C\c3ccccc3)NC2=O)cc1. The number of nitrogens with one attached hydrogen (secondary N) is 1. The van der Waals surface area contributed by atoms with Crippen LogP contribution >= 0.6 is 11.8 Å². The van der Waals surface area contributed by atoms with Crippen LogP contribution in [0.2, 0.25) is 0 Å². The summed E-state index contributed by atoms with van der Waals surface area (Å²) in [4.78, 5) is 24.4. The quantitative estimate of drug-likeness (QED) is 0.443. The molecule has 1 fully saturated rings. The molecule has 0 bridgehead atoms. The summed E-state index contributed by atoms with van der Waals surface area (Å²) in [5.41, 5.74) is 1.60. The van der Waals surface area contributed by atoms with Crippen molar-refractivity contribution < 1.29 is 14.3 Å². The molecule has 2 aromatic rings. The van der Waals surface area contributed by atoms with Crippen molar-refractivity contribution in [3.8, 4) is 5.75 Å². The van der Waals surface area contributed by atoms with Gasteiger partial charge in [0.1, 0.15) is 5.75 Å². The number of carbonyl (C=O) groups is 2. The number of benzene rings is 2. The van der Waals surface area contributed by atoms with Gasteiger partial charge in [-0.25, -0.2) is 0 Å². The lowest BCUT2D eigenvalue weighted by molar-refractivity contribution is -0.118. The Labute approximate surface area is 167 Å². The highest BCUT2D eigenvalue weighted by atomic mass is 32.2. The Morgan fingerprint density at radius 3 is 2.64 bits per heavy atom. The molecular formula is C21H19N3O3S. The van der Waals surface area contributed by atoms with Crippen LogP contribution in [0.5, 0.6) is 5.75 Å². The number of ketones is 1. The van der Waals surface area contributed by atoms with Crippen LogP contribution in [0.1, 0.15) is 22.3 Å². The number of ether oxygens (including phenoxy) is 1. The minimum atomic E-state index is -0.511. The molecule has 1 N–H and O–H groups in total. The zero-order valence-corrected chi connectivity index (χ0v) is 16.1. The molecule has 28 heavy (non-hydrogen) atoms. The van der Waals surface area contributed by atoms with Crippen LogP contribution in [0.4, 0.5) is 0 Å². The molecule has 1 aliphatic rings. The Morgan fingerprint density at radius 1 is 1.18 bits per heavy atom. The van der Waals surface area contributed by atoms with E-state index in [0.29, 0.717) is 16.5 Å². The van der Waals surface area contributed by atoms with Crippen molar-refractivity contribution in [2.24, 2.45) is 10.2 Å². The summed E-state index contributed by atoms with van der Waals surface area (Å²) >= 11 is 1.21. The van der Waals surface area contributed by atoms with Gasteiger partial charge in [0.05, 0.1) is 12.4 Å². The molecule has 1 aliphatic heterocycles. The number of carbonyl (C=O) groups excluding carboxylic acids is 2. The first kappa shape index (κ1) is 19.6. The molecule has 0 unspecified atom stereocenters. The Morgan fingerprint density at radius 2 is 1.93 bits per heavy atom. The maximum Gasteiger partial charge on any atom is 0.240 e. The number of rotatable bonds is 7. The topological polar surface area (TPSA) is 80.1 Å². The highest BCUT2D eigenvalue weighted by Gasteiger charge is 2.32. The summed E-state index contributed by atoms with van der Waals surface area (Å²) in [5.74, 6) is 0.338. The molecule has 2 aromatic carbocycles. The van der Waals surface area contributed by atoms with Crippen LogP contribution in [-0.2, 0) is 4.79 Å². The molecule has 0 aromatic heterocycles. The second kappa shape index (κ2) is 9.66. The summed E-state index contributed by atoms with van der Waals surface area (Å²) in [7, 11) is 1.57. The Balaban J connectivity index is 1.53. The summed E-state index contributed by atoms with van der Waals surface area (Å²) in [6.45, 7) is 0. The molecule has 0 radical (unpaired) electrons. The summed E-state index contributed by atoms with van der Waals surface area (Å²) in [5, 5.41) is 10.5. The predicted molar refractivity (Wildman–Crippen MR) is 113 cm³/mol. The van der Waals surface area contributed by atoms with E-state index in [4.69, 9.17) is 4.74 Å².